The van der Waals surface area contributed by atoms with Gasteiger partial charge in [-0.2, -0.15) is 11.8 Å². The van der Waals surface area contributed by atoms with Gasteiger partial charge in [0.05, 0.1) is 4.92 Å². The Labute approximate surface area is 121 Å². The molecule has 1 aromatic carbocycles. The first-order chi connectivity index (χ1) is 9.58. The highest BCUT2D eigenvalue weighted by Crippen LogP contribution is 2.23. The maximum Gasteiger partial charge on any atom is 0.282 e. The van der Waals surface area contributed by atoms with Crippen LogP contribution in [0.25, 0.3) is 0 Å². The molecule has 0 radical (unpaired) electrons. The summed E-state index contributed by atoms with van der Waals surface area (Å²) in [6, 6.07) is 4.04. The molecule has 1 saturated heterocycles. The van der Waals surface area contributed by atoms with E-state index in [2.05, 4.69) is 5.32 Å². The van der Waals surface area contributed by atoms with Crippen molar-refractivity contribution in [2.24, 2.45) is 5.92 Å². The zero-order chi connectivity index (χ0) is 14.5. The molecule has 20 heavy (non-hydrogen) atoms. The second-order valence-corrected chi connectivity index (χ2v) is 6.02. The van der Waals surface area contributed by atoms with Gasteiger partial charge in [-0.25, -0.2) is 0 Å². The maximum absolute atomic E-state index is 12.1. The highest BCUT2D eigenvalue weighted by Gasteiger charge is 2.21. The van der Waals surface area contributed by atoms with Crippen molar-refractivity contribution in [1.29, 1.82) is 0 Å². The van der Waals surface area contributed by atoms with Gasteiger partial charge in [-0.3, -0.25) is 14.9 Å². The number of benzene rings is 1. The number of nitro groups is 1. The Balaban J connectivity index is 2.04. The topological polar surface area (TPSA) is 98.3 Å². The number of nitrogens with zero attached hydrogens (tertiary/aromatic N) is 1. The number of nitro benzene ring substituents is 1. The van der Waals surface area contributed by atoms with Gasteiger partial charge >= 0.3 is 0 Å². The maximum atomic E-state index is 12.1. The fraction of sp³-hybridized carbons (Fsp3) is 0.462. The van der Waals surface area contributed by atoms with Gasteiger partial charge in [-0.1, -0.05) is 0 Å². The summed E-state index contributed by atoms with van der Waals surface area (Å²) >= 11 is 1.92. The molecule has 0 bridgehead atoms. The zero-order valence-electron chi connectivity index (χ0n) is 11.0. The number of amides is 1. The number of nitrogens with two attached hydrogens (primary N) is 1. The number of anilines is 1. The lowest BCUT2D eigenvalue weighted by molar-refractivity contribution is -0.385. The van der Waals surface area contributed by atoms with E-state index >= 15 is 0 Å². The summed E-state index contributed by atoms with van der Waals surface area (Å²) in [5.74, 6) is 2.25. The van der Waals surface area contributed by atoms with Crippen molar-refractivity contribution < 1.29 is 9.72 Å². The third kappa shape index (κ3) is 3.63. The van der Waals surface area contributed by atoms with Crippen LogP contribution in [0.3, 0.4) is 0 Å². The van der Waals surface area contributed by atoms with Gasteiger partial charge in [0.15, 0.2) is 0 Å². The third-order valence-electron chi connectivity index (χ3n) is 3.35. The average Bonchev–Trinajstić information content (AvgIpc) is 2.45. The van der Waals surface area contributed by atoms with E-state index in [1.807, 2.05) is 11.8 Å². The number of thioether (sulfide) groups is 1. The van der Waals surface area contributed by atoms with Crippen LogP contribution in [0, 0.1) is 16.0 Å². The molecule has 1 aliphatic heterocycles. The van der Waals surface area contributed by atoms with E-state index in [0.717, 1.165) is 24.3 Å². The number of nitrogen functional groups attached to an aromatic ring is 1. The lowest BCUT2D eigenvalue weighted by Crippen LogP contribution is -2.31. The zero-order valence-corrected chi connectivity index (χ0v) is 11.8. The minimum atomic E-state index is -0.564. The van der Waals surface area contributed by atoms with E-state index in [1.165, 1.54) is 18.2 Å². The van der Waals surface area contributed by atoms with Crippen LogP contribution in [0.2, 0.25) is 0 Å². The molecule has 1 heterocycles. The first kappa shape index (κ1) is 14.6. The van der Waals surface area contributed by atoms with Crippen LogP contribution < -0.4 is 11.1 Å². The Morgan fingerprint density at radius 2 is 2.15 bits per heavy atom. The van der Waals surface area contributed by atoms with Gasteiger partial charge in [0.2, 0.25) is 0 Å². The summed E-state index contributed by atoms with van der Waals surface area (Å²) in [4.78, 5) is 22.5. The molecule has 0 aromatic heterocycles. The Morgan fingerprint density at radius 3 is 2.80 bits per heavy atom. The van der Waals surface area contributed by atoms with Crippen LogP contribution in [-0.2, 0) is 0 Å². The molecular formula is C13H17N3O3S. The smallest absolute Gasteiger partial charge is 0.282 e. The molecule has 3 N–H and O–H groups in total. The van der Waals surface area contributed by atoms with E-state index in [-0.39, 0.29) is 11.3 Å². The number of carbonyl (C=O) groups excluding carboxylic acids is 1. The van der Waals surface area contributed by atoms with Crippen molar-refractivity contribution in [1.82, 2.24) is 5.32 Å². The molecule has 6 nitrogen and oxygen atoms in total. The molecule has 0 saturated carbocycles. The van der Waals surface area contributed by atoms with Crippen molar-refractivity contribution in [2.75, 3.05) is 23.8 Å². The molecular weight excluding hydrogens is 278 g/mol. The van der Waals surface area contributed by atoms with Crippen LogP contribution in [0.5, 0.6) is 0 Å². The molecule has 0 aliphatic carbocycles. The Kier molecular flexibility index (Phi) is 4.84. The molecule has 1 aliphatic rings. The average molecular weight is 295 g/mol. The van der Waals surface area contributed by atoms with Crippen molar-refractivity contribution in [3.05, 3.63) is 33.9 Å². The summed E-state index contributed by atoms with van der Waals surface area (Å²) in [5.41, 5.74) is 5.76. The number of rotatable bonds is 4. The first-order valence-corrected chi connectivity index (χ1v) is 7.63. The normalized spacial score (nSPS) is 15.8. The van der Waals surface area contributed by atoms with E-state index in [1.54, 1.807) is 0 Å². The predicted octanol–water partition coefficient (Wildman–Crippen LogP) is 2.05. The van der Waals surface area contributed by atoms with Gasteiger partial charge in [-0.05, 0) is 42.4 Å². The summed E-state index contributed by atoms with van der Waals surface area (Å²) in [6.07, 6.45) is 2.15. The predicted molar refractivity (Wildman–Crippen MR) is 79.9 cm³/mol. The molecule has 1 amide bonds. The molecule has 1 aromatic rings. The van der Waals surface area contributed by atoms with Gasteiger partial charge in [0, 0.05) is 18.3 Å². The number of hydrogen-bond donors (Lipinski definition) is 2. The van der Waals surface area contributed by atoms with E-state index in [0.29, 0.717) is 18.2 Å². The highest BCUT2D eigenvalue weighted by atomic mass is 32.2. The third-order valence-corrected chi connectivity index (χ3v) is 4.40. The van der Waals surface area contributed by atoms with E-state index in [4.69, 9.17) is 5.73 Å². The highest BCUT2D eigenvalue weighted by molar-refractivity contribution is 7.99. The minimum Gasteiger partial charge on any atom is -0.399 e. The molecule has 0 atom stereocenters. The standard InChI is InChI=1S/C13H17N3O3S/c14-10-1-2-12(16(18)19)11(7-10)13(17)15-8-9-3-5-20-6-4-9/h1-2,7,9H,3-6,8,14H2,(H,15,17). The number of nitrogens with one attached hydrogen (secondary N) is 1. The largest absolute Gasteiger partial charge is 0.399 e. The SMILES string of the molecule is Nc1ccc([N+](=O)[O-])c(C(=O)NCC2CCSCC2)c1. The van der Waals surface area contributed by atoms with E-state index < -0.39 is 10.8 Å². The Hall–Kier alpha value is -1.76. The summed E-state index contributed by atoms with van der Waals surface area (Å²) in [5, 5.41) is 13.7. The molecule has 7 heteroatoms. The minimum absolute atomic E-state index is 0.0279. The van der Waals surface area contributed by atoms with Crippen molar-refractivity contribution in [2.45, 2.75) is 12.8 Å². The summed E-state index contributed by atoms with van der Waals surface area (Å²) in [6.45, 7) is 0.561. The summed E-state index contributed by atoms with van der Waals surface area (Å²) in [7, 11) is 0. The van der Waals surface area contributed by atoms with Crippen LogP contribution in [0.1, 0.15) is 23.2 Å². The van der Waals surface area contributed by atoms with Crippen molar-refractivity contribution in [3.8, 4) is 0 Å². The van der Waals surface area contributed by atoms with Crippen LogP contribution >= 0.6 is 11.8 Å². The lowest BCUT2D eigenvalue weighted by Gasteiger charge is -2.21. The molecule has 2 rings (SSSR count). The monoisotopic (exact) mass is 295 g/mol. The Morgan fingerprint density at radius 1 is 1.45 bits per heavy atom. The number of hydrogen-bond acceptors (Lipinski definition) is 5. The van der Waals surface area contributed by atoms with Gasteiger partial charge < -0.3 is 11.1 Å². The molecule has 108 valence electrons. The van der Waals surface area contributed by atoms with Crippen molar-refractivity contribution >= 4 is 29.0 Å². The van der Waals surface area contributed by atoms with Crippen LogP contribution in [0.4, 0.5) is 11.4 Å². The van der Waals surface area contributed by atoms with Crippen LogP contribution in [-0.4, -0.2) is 28.9 Å². The lowest BCUT2D eigenvalue weighted by atomic mass is 10.0. The fourth-order valence-electron chi connectivity index (χ4n) is 2.18. The quantitative estimate of drug-likeness (QED) is 0.503. The van der Waals surface area contributed by atoms with Gasteiger partial charge in [0.25, 0.3) is 11.6 Å². The number of carbonyl (C=O) groups is 1. The van der Waals surface area contributed by atoms with E-state index in [9.17, 15) is 14.9 Å². The molecule has 0 unspecified atom stereocenters. The second-order valence-electron chi connectivity index (χ2n) is 4.80. The first-order valence-electron chi connectivity index (χ1n) is 6.48. The van der Waals surface area contributed by atoms with Crippen LogP contribution in [0.15, 0.2) is 18.2 Å². The van der Waals surface area contributed by atoms with Gasteiger partial charge in [-0.15, -0.1) is 0 Å². The summed E-state index contributed by atoms with van der Waals surface area (Å²) < 4.78 is 0. The second kappa shape index (κ2) is 6.60. The van der Waals surface area contributed by atoms with Gasteiger partial charge in [0.1, 0.15) is 5.56 Å². The molecule has 0 spiro atoms. The molecule has 1 fully saturated rings. The fourth-order valence-corrected chi connectivity index (χ4v) is 3.38. The van der Waals surface area contributed by atoms with Crippen molar-refractivity contribution in [3.63, 3.8) is 0 Å². The Bertz CT molecular complexity index is 516.